The molecule has 1 heterocycles. The fourth-order valence-corrected chi connectivity index (χ4v) is 3.65. The van der Waals surface area contributed by atoms with E-state index in [2.05, 4.69) is 21.2 Å². The van der Waals surface area contributed by atoms with Crippen molar-refractivity contribution in [3.63, 3.8) is 0 Å². The van der Waals surface area contributed by atoms with Crippen LogP contribution in [0, 0.1) is 5.82 Å². The summed E-state index contributed by atoms with van der Waals surface area (Å²) in [5.74, 6) is -1.18. The van der Waals surface area contributed by atoms with Crippen molar-refractivity contribution in [3.05, 3.63) is 34.1 Å². The van der Waals surface area contributed by atoms with Crippen LogP contribution in [0.4, 0.5) is 4.39 Å². The van der Waals surface area contributed by atoms with Crippen molar-refractivity contribution in [2.75, 3.05) is 11.5 Å². The van der Waals surface area contributed by atoms with Crippen molar-refractivity contribution in [2.45, 2.75) is 12.0 Å². The van der Waals surface area contributed by atoms with Gasteiger partial charge in [-0.1, -0.05) is 15.9 Å². The molecule has 0 aliphatic carbocycles. The third kappa shape index (κ3) is 3.09. The number of halogens is 2. The highest BCUT2D eigenvalue weighted by Crippen LogP contribution is 2.28. The summed E-state index contributed by atoms with van der Waals surface area (Å²) in [5.41, 5.74) is -1.15. The molecule has 1 atom stereocenters. The van der Waals surface area contributed by atoms with Gasteiger partial charge >= 0.3 is 5.97 Å². The van der Waals surface area contributed by atoms with E-state index in [0.29, 0.717) is 22.4 Å². The van der Waals surface area contributed by atoms with Gasteiger partial charge in [-0.15, -0.1) is 0 Å². The van der Waals surface area contributed by atoms with E-state index < -0.39 is 23.2 Å². The van der Waals surface area contributed by atoms with Crippen LogP contribution in [-0.2, 0) is 4.79 Å². The summed E-state index contributed by atoms with van der Waals surface area (Å²) in [6.45, 7) is 0. The molecule has 0 spiro atoms. The number of benzene rings is 1. The Morgan fingerprint density at radius 1 is 1.42 bits per heavy atom. The minimum Gasteiger partial charge on any atom is -0.479 e. The summed E-state index contributed by atoms with van der Waals surface area (Å²) < 4.78 is 13.7. The molecule has 1 saturated heterocycles. The van der Waals surface area contributed by atoms with Crippen LogP contribution in [0.1, 0.15) is 16.8 Å². The molecule has 0 radical (unpaired) electrons. The van der Waals surface area contributed by atoms with Gasteiger partial charge in [0.15, 0.2) is 0 Å². The van der Waals surface area contributed by atoms with E-state index in [9.17, 15) is 19.1 Å². The first kappa shape index (κ1) is 14.3. The van der Waals surface area contributed by atoms with Crippen LogP contribution < -0.4 is 5.32 Å². The number of rotatable bonds is 3. The Hall–Kier alpha value is -1.08. The Morgan fingerprint density at radius 2 is 2.16 bits per heavy atom. The van der Waals surface area contributed by atoms with E-state index in [4.69, 9.17) is 0 Å². The van der Waals surface area contributed by atoms with Crippen LogP contribution >= 0.6 is 27.7 Å². The Kier molecular flexibility index (Phi) is 4.15. The van der Waals surface area contributed by atoms with Gasteiger partial charge in [0.1, 0.15) is 11.4 Å². The number of amides is 1. The standard InChI is InChI=1S/C12H11BrFNO3S/c13-8-3-7(4-9(14)5-8)10(16)15-12(11(17)18)1-2-19-6-12/h3-5H,1-2,6H2,(H,15,16)(H,17,18). The summed E-state index contributed by atoms with van der Waals surface area (Å²) in [6, 6.07) is 3.77. The Labute approximate surface area is 121 Å². The second-order valence-electron chi connectivity index (χ2n) is 4.30. The molecular weight excluding hydrogens is 337 g/mol. The number of hydrogen-bond acceptors (Lipinski definition) is 3. The lowest BCUT2D eigenvalue weighted by Crippen LogP contribution is -2.54. The summed E-state index contributed by atoms with van der Waals surface area (Å²) >= 11 is 4.57. The van der Waals surface area contributed by atoms with E-state index in [1.165, 1.54) is 23.9 Å². The van der Waals surface area contributed by atoms with Gasteiger partial charge in [-0.2, -0.15) is 11.8 Å². The number of thioether (sulfide) groups is 1. The Bertz CT molecular complexity index is 511. The zero-order valence-corrected chi connectivity index (χ0v) is 12.2. The maximum absolute atomic E-state index is 13.2. The SMILES string of the molecule is O=C(NC1(C(=O)O)CCSC1)c1cc(F)cc(Br)c1. The molecule has 0 saturated carbocycles. The maximum atomic E-state index is 13.2. The summed E-state index contributed by atoms with van der Waals surface area (Å²) in [6.07, 6.45) is 0.370. The molecule has 2 N–H and O–H groups in total. The average molecular weight is 348 g/mol. The van der Waals surface area contributed by atoms with Gasteiger partial charge < -0.3 is 10.4 Å². The first-order valence-electron chi connectivity index (χ1n) is 5.53. The highest BCUT2D eigenvalue weighted by atomic mass is 79.9. The van der Waals surface area contributed by atoms with Crippen molar-refractivity contribution in [1.29, 1.82) is 0 Å². The molecule has 4 nitrogen and oxygen atoms in total. The summed E-state index contributed by atoms with van der Waals surface area (Å²) in [5, 5.41) is 11.8. The van der Waals surface area contributed by atoms with Crippen LogP contribution in [0.2, 0.25) is 0 Å². The predicted octanol–water partition coefficient (Wildman–Crippen LogP) is 2.28. The second kappa shape index (κ2) is 5.50. The van der Waals surface area contributed by atoms with Crippen molar-refractivity contribution >= 4 is 39.6 Å². The number of carbonyl (C=O) groups excluding carboxylic acids is 1. The van der Waals surface area contributed by atoms with Gasteiger partial charge in [-0.05, 0) is 30.4 Å². The lowest BCUT2D eigenvalue weighted by Gasteiger charge is -2.24. The van der Waals surface area contributed by atoms with Crippen LogP contribution in [0.3, 0.4) is 0 Å². The Balaban J connectivity index is 2.22. The number of carboxylic acids is 1. The first-order chi connectivity index (χ1) is 8.93. The molecule has 1 aromatic rings. The summed E-state index contributed by atoms with van der Waals surface area (Å²) in [4.78, 5) is 23.4. The molecule has 1 aliphatic heterocycles. The third-order valence-corrected chi connectivity index (χ3v) is 4.56. The van der Waals surface area contributed by atoms with E-state index >= 15 is 0 Å². The van der Waals surface area contributed by atoms with Gasteiger partial charge in [-0.3, -0.25) is 4.79 Å². The lowest BCUT2D eigenvalue weighted by molar-refractivity contribution is -0.143. The highest BCUT2D eigenvalue weighted by molar-refractivity contribution is 9.10. The normalized spacial score (nSPS) is 22.2. The zero-order chi connectivity index (χ0) is 14.0. The average Bonchev–Trinajstić information content (AvgIpc) is 2.77. The molecular formula is C12H11BrFNO3S. The molecule has 0 aromatic heterocycles. The molecule has 2 rings (SSSR count). The number of hydrogen-bond donors (Lipinski definition) is 2. The van der Waals surface area contributed by atoms with Gasteiger partial charge in [0.05, 0.1) is 0 Å². The molecule has 1 aliphatic rings. The van der Waals surface area contributed by atoms with E-state index in [0.717, 1.165) is 6.07 Å². The molecule has 19 heavy (non-hydrogen) atoms. The number of aliphatic carboxylic acids is 1. The van der Waals surface area contributed by atoms with Gasteiger partial charge in [0.2, 0.25) is 0 Å². The highest BCUT2D eigenvalue weighted by Gasteiger charge is 2.43. The number of carboxylic acid groups (broad SMARTS) is 1. The quantitative estimate of drug-likeness (QED) is 0.880. The van der Waals surface area contributed by atoms with Gasteiger partial charge in [-0.25, -0.2) is 9.18 Å². The van der Waals surface area contributed by atoms with Gasteiger partial charge in [0.25, 0.3) is 5.91 Å². The molecule has 0 bridgehead atoms. The molecule has 1 aromatic carbocycles. The van der Waals surface area contributed by atoms with Crippen LogP contribution in [-0.4, -0.2) is 34.0 Å². The van der Waals surface area contributed by atoms with Crippen LogP contribution in [0.5, 0.6) is 0 Å². The topological polar surface area (TPSA) is 66.4 Å². The summed E-state index contributed by atoms with van der Waals surface area (Å²) in [7, 11) is 0. The van der Waals surface area contributed by atoms with Crippen molar-refractivity contribution in [3.8, 4) is 0 Å². The lowest BCUT2D eigenvalue weighted by atomic mass is 9.98. The molecule has 102 valence electrons. The van der Waals surface area contributed by atoms with Crippen LogP contribution in [0.25, 0.3) is 0 Å². The molecule has 1 amide bonds. The molecule has 1 unspecified atom stereocenters. The molecule has 7 heteroatoms. The Morgan fingerprint density at radius 3 is 2.68 bits per heavy atom. The smallest absolute Gasteiger partial charge is 0.330 e. The van der Waals surface area contributed by atoms with Crippen molar-refractivity contribution in [1.82, 2.24) is 5.32 Å². The fourth-order valence-electron chi connectivity index (χ4n) is 1.86. The zero-order valence-electron chi connectivity index (χ0n) is 9.78. The minimum atomic E-state index is -1.25. The largest absolute Gasteiger partial charge is 0.479 e. The van der Waals surface area contributed by atoms with E-state index in [1.807, 2.05) is 0 Å². The minimum absolute atomic E-state index is 0.101. The fraction of sp³-hybridized carbons (Fsp3) is 0.333. The van der Waals surface area contributed by atoms with E-state index in [-0.39, 0.29) is 5.56 Å². The predicted molar refractivity (Wildman–Crippen MR) is 73.9 cm³/mol. The maximum Gasteiger partial charge on any atom is 0.330 e. The number of carbonyl (C=O) groups is 2. The third-order valence-electron chi connectivity index (χ3n) is 2.91. The van der Waals surface area contributed by atoms with Gasteiger partial charge in [0, 0.05) is 15.8 Å². The first-order valence-corrected chi connectivity index (χ1v) is 7.47. The monoisotopic (exact) mass is 347 g/mol. The van der Waals surface area contributed by atoms with Crippen molar-refractivity contribution in [2.24, 2.45) is 0 Å². The number of nitrogens with one attached hydrogen (secondary N) is 1. The van der Waals surface area contributed by atoms with Crippen LogP contribution in [0.15, 0.2) is 22.7 Å². The molecule has 1 fully saturated rings. The van der Waals surface area contributed by atoms with Crippen molar-refractivity contribution < 1.29 is 19.1 Å². The second-order valence-corrected chi connectivity index (χ2v) is 6.32. The van der Waals surface area contributed by atoms with E-state index in [1.54, 1.807) is 0 Å².